The van der Waals surface area contributed by atoms with Crippen LogP contribution in [0.25, 0.3) is 21.9 Å². The highest BCUT2D eigenvalue weighted by Crippen LogP contribution is 2.42. The number of fused-ring (bicyclic) bond motifs is 2. The molecule has 2 amide bonds. The zero-order valence-corrected chi connectivity index (χ0v) is 41.5. The van der Waals surface area contributed by atoms with E-state index in [2.05, 4.69) is 87.7 Å². The number of carbonyl (C=O) groups is 2. The van der Waals surface area contributed by atoms with Crippen LogP contribution in [0.15, 0.2) is 70.1 Å². The highest BCUT2D eigenvalue weighted by molar-refractivity contribution is 9.10. The number of aryl methyl sites for hydroxylation is 3. The highest BCUT2D eigenvalue weighted by atomic mass is 79.9. The largest absolute Gasteiger partial charge is 0.494 e. The van der Waals surface area contributed by atoms with Crippen molar-refractivity contribution in [2.45, 2.75) is 64.5 Å². The van der Waals surface area contributed by atoms with E-state index in [0.717, 1.165) is 110 Å². The van der Waals surface area contributed by atoms with Crippen LogP contribution in [0.5, 0.6) is 5.75 Å². The number of pyridine rings is 1. The van der Waals surface area contributed by atoms with Crippen LogP contribution in [-0.4, -0.2) is 118 Å². The molecule has 0 saturated carbocycles. The second-order valence-electron chi connectivity index (χ2n) is 18.4. The molecule has 0 aliphatic carbocycles. The van der Waals surface area contributed by atoms with Crippen molar-refractivity contribution in [3.05, 3.63) is 92.6 Å². The number of hydrogen-bond donors (Lipinski definition) is 3. The summed E-state index contributed by atoms with van der Waals surface area (Å²) in [6, 6.07) is 18.0. The number of amides is 2. The molecule has 1 unspecified atom stereocenters. The minimum absolute atomic E-state index is 0.222. The number of rotatable bonds is 13. The molecule has 3 saturated heterocycles. The molecule has 67 heavy (non-hydrogen) atoms. The van der Waals surface area contributed by atoms with E-state index in [1.807, 2.05) is 37.3 Å². The van der Waals surface area contributed by atoms with Gasteiger partial charge in [0.1, 0.15) is 24.8 Å². The number of nitrogens with one attached hydrogen (secondary N) is 3. The van der Waals surface area contributed by atoms with Gasteiger partial charge in [0.05, 0.1) is 39.5 Å². The zero-order chi connectivity index (χ0) is 47.1. The molecule has 352 valence electrons. The Labute approximate surface area is 399 Å². The summed E-state index contributed by atoms with van der Waals surface area (Å²) in [5.74, 6) is 0.921. The first kappa shape index (κ1) is 46.5. The molecule has 0 spiro atoms. The number of anilines is 5. The van der Waals surface area contributed by atoms with Crippen molar-refractivity contribution in [1.82, 2.24) is 39.2 Å². The molecule has 3 aromatic carbocycles. The number of aromatic nitrogens is 5. The van der Waals surface area contributed by atoms with Gasteiger partial charge in [0, 0.05) is 99.7 Å². The fourth-order valence-electron chi connectivity index (χ4n) is 10.1. The number of methoxy groups -OCH3 is 1. The molecule has 3 fully saturated rings. The molecule has 9 rings (SSSR count). The number of carbonyl (C=O) groups excluding carboxylic acids is 2. The molecule has 6 heterocycles. The van der Waals surface area contributed by atoms with Gasteiger partial charge in [0.25, 0.3) is 0 Å². The van der Waals surface area contributed by atoms with Crippen molar-refractivity contribution < 1.29 is 18.9 Å². The van der Waals surface area contributed by atoms with E-state index < -0.39 is 19.1 Å². The smallest absolute Gasteiger partial charge is 0.329 e. The second-order valence-corrected chi connectivity index (χ2v) is 22.4. The number of piperidine rings is 2. The summed E-state index contributed by atoms with van der Waals surface area (Å²) in [6.45, 7) is 14.6. The standard InChI is InChI=1S/C49H59BrN11O5P/c1-7-32-27-38(54-48-51-29-35(50)46(56-48)53-37-12-11-36-34(10-8-30(2)52-36)45(37)67(5,6)65)43(66-4)28-41(32)60-20-17-33(18-21-60)59-24-22-58(23-25-59)19-16-31-9-13-39-42(26-31)57(3)49(64)61(39)40-14-15-44(62)55-47(40)63/h8-13,26-29,33,40H,7,14-25H2,1-6H3,(H,55,62,63)(H2,51,53,54,56). The lowest BCUT2D eigenvalue weighted by molar-refractivity contribution is -0.135. The molecule has 3 aromatic heterocycles. The predicted molar refractivity (Wildman–Crippen MR) is 270 cm³/mol. The number of halogens is 1. The van der Waals surface area contributed by atoms with Gasteiger partial charge >= 0.3 is 5.69 Å². The summed E-state index contributed by atoms with van der Waals surface area (Å²) in [5, 5.41) is 10.8. The Hall–Kier alpha value is -5.61. The minimum Gasteiger partial charge on any atom is -0.494 e. The van der Waals surface area contributed by atoms with Gasteiger partial charge < -0.3 is 29.7 Å². The summed E-state index contributed by atoms with van der Waals surface area (Å²) in [6.07, 6.45) is 6.14. The molecule has 3 aliphatic rings. The van der Waals surface area contributed by atoms with E-state index in [1.165, 1.54) is 15.8 Å². The Bertz CT molecular complexity index is 2990. The average Bonchev–Trinajstić information content (AvgIpc) is 3.56. The lowest BCUT2D eigenvalue weighted by Gasteiger charge is -2.43. The number of piperazine rings is 1. The van der Waals surface area contributed by atoms with Gasteiger partial charge in [0.2, 0.25) is 17.8 Å². The third-order valence-electron chi connectivity index (χ3n) is 13.7. The van der Waals surface area contributed by atoms with Gasteiger partial charge in [-0.05, 0) is 116 Å². The maximum absolute atomic E-state index is 13.7. The number of imide groups is 1. The predicted octanol–water partition coefficient (Wildman–Crippen LogP) is 6.86. The van der Waals surface area contributed by atoms with Gasteiger partial charge in [-0.2, -0.15) is 4.98 Å². The van der Waals surface area contributed by atoms with Crippen molar-refractivity contribution >= 4 is 91.0 Å². The fraction of sp³-hybridized carbons (Fsp3) is 0.429. The van der Waals surface area contributed by atoms with E-state index in [4.69, 9.17) is 9.72 Å². The first-order chi connectivity index (χ1) is 32.2. The van der Waals surface area contributed by atoms with Crippen molar-refractivity contribution in [3.8, 4) is 5.75 Å². The fourth-order valence-corrected chi connectivity index (χ4v) is 11.9. The Morgan fingerprint density at radius 1 is 0.896 bits per heavy atom. The molecule has 1 atom stereocenters. The summed E-state index contributed by atoms with van der Waals surface area (Å²) >= 11 is 3.63. The van der Waals surface area contributed by atoms with Gasteiger partial charge in [-0.3, -0.25) is 33.9 Å². The molecule has 16 nitrogen and oxygen atoms in total. The number of benzene rings is 3. The van der Waals surface area contributed by atoms with E-state index in [9.17, 15) is 18.9 Å². The van der Waals surface area contributed by atoms with E-state index in [0.29, 0.717) is 45.7 Å². The quantitative estimate of drug-likeness (QED) is 0.0811. The Morgan fingerprint density at radius 2 is 1.67 bits per heavy atom. The number of imidazole rings is 1. The van der Waals surface area contributed by atoms with Gasteiger partial charge in [0.15, 0.2) is 0 Å². The van der Waals surface area contributed by atoms with Crippen LogP contribution in [0.4, 0.5) is 28.8 Å². The third-order valence-corrected chi connectivity index (χ3v) is 15.8. The molecule has 6 aromatic rings. The number of nitrogens with zero attached hydrogens (tertiary/aromatic N) is 8. The molecule has 0 bridgehead atoms. The zero-order valence-electron chi connectivity index (χ0n) is 39.1. The van der Waals surface area contributed by atoms with E-state index in [1.54, 1.807) is 38.3 Å². The number of hydrogen-bond acceptors (Lipinski definition) is 13. The SMILES string of the molecule is CCc1cc(Nc2ncc(Br)c(Nc3ccc4nc(C)ccc4c3P(C)(C)=O)n2)c(OC)cc1N1CCC(N2CCN(CCc3ccc4c(c3)n(C)c(=O)n4C3CCC(=O)NC3=O)CC2)CC1. The molecule has 18 heteroatoms. The van der Waals surface area contributed by atoms with Crippen molar-refractivity contribution in [2.75, 3.05) is 81.8 Å². The maximum Gasteiger partial charge on any atom is 0.329 e. The van der Waals surface area contributed by atoms with Gasteiger partial charge in [-0.15, -0.1) is 0 Å². The third kappa shape index (κ3) is 9.61. The lowest BCUT2D eigenvalue weighted by Crippen LogP contribution is -2.53. The Morgan fingerprint density at radius 3 is 2.39 bits per heavy atom. The van der Waals surface area contributed by atoms with Crippen molar-refractivity contribution in [3.63, 3.8) is 0 Å². The maximum atomic E-state index is 13.7. The van der Waals surface area contributed by atoms with Gasteiger partial charge in [-0.25, -0.2) is 9.78 Å². The van der Waals surface area contributed by atoms with Crippen LogP contribution in [0.2, 0.25) is 0 Å². The Kier molecular flexibility index (Phi) is 13.3. The Balaban J connectivity index is 0.806. The highest BCUT2D eigenvalue weighted by Gasteiger charge is 2.32. The normalized spacial score (nSPS) is 17.9. The van der Waals surface area contributed by atoms with Crippen LogP contribution in [0.3, 0.4) is 0 Å². The van der Waals surface area contributed by atoms with Crippen LogP contribution >= 0.6 is 23.1 Å². The van der Waals surface area contributed by atoms with Crippen LogP contribution in [0, 0.1) is 6.92 Å². The van der Waals surface area contributed by atoms with Gasteiger partial charge in [-0.1, -0.05) is 19.1 Å². The van der Waals surface area contributed by atoms with Crippen LogP contribution < -0.4 is 36.6 Å². The average molecular weight is 993 g/mol. The first-order valence-electron chi connectivity index (χ1n) is 23.2. The molecular formula is C49H59BrN11O5P. The minimum atomic E-state index is -2.73. The monoisotopic (exact) mass is 991 g/mol. The summed E-state index contributed by atoms with van der Waals surface area (Å²) in [7, 11) is 0.700. The van der Waals surface area contributed by atoms with E-state index in [-0.39, 0.29) is 18.0 Å². The van der Waals surface area contributed by atoms with Crippen molar-refractivity contribution in [2.24, 2.45) is 7.05 Å². The lowest BCUT2D eigenvalue weighted by atomic mass is 9.99. The van der Waals surface area contributed by atoms with E-state index >= 15 is 0 Å². The number of ether oxygens (including phenoxy) is 1. The topological polar surface area (TPSA) is 172 Å². The first-order valence-corrected chi connectivity index (χ1v) is 26.6. The summed E-state index contributed by atoms with van der Waals surface area (Å²) in [4.78, 5) is 59.4. The molecule has 3 N–H and O–H groups in total. The molecule has 0 radical (unpaired) electrons. The molecule has 3 aliphatic heterocycles. The van der Waals surface area contributed by atoms with Crippen LogP contribution in [-0.2, 0) is 34.0 Å². The second kappa shape index (κ2) is 19.2. The van der Waals surface area contributed by atoms with Crippen molar-refractivity contribution in [1.29, 1.82) is 0 Å². The van der Waals surface area contributed by atoms with Crippen LogP contribution in [0.1, 0.15) is 55.5 Å². The summed E-state index contributed by atoms with van der Waals surface area (Å²) in [5.41, 5.74) is 8.01. The summed E-state index contributed by atoms with van der Waals surface area (Å²) < 4.78 is 23.5. The molecular weight excluding hydrogens is 933 g/mol.